The van der Waals surface area contributed by atoms with E-state index in [2.05, 4.69) is 4.98 Å². The summed E-state index contributed by atoms with van der Waals surface area (Å²) in [6.07, 6.45) is 2.30. The Morgan fingerprint density at radius 1 is 1.25 bits per heavy atom. The number of carbonyl (C=O) groups is 3. The first-order valence-corrected chi connectivity index (χ1v) is 15.3. The van der Waals surface area contributed by atoms with Gasteiger partial charge in [-0.3, -0.25) is 0 Å². The Morgan fingerprint density at radius 3 is 2.70 bits per heavy atom. The summed E-state index contributed by atoms with van der Waals surface area (Å²) in [6, 6.07) is 3.34. The van der Waals surface area contributed by atoms with Gasteiger partial charge in [0.1, 0.15) is 35.7 Å². The molecule has 0 amide bonds. The Balaban J connectivity index is 1.49. The van der Waals surface area contributed by atoms with Gasteiger partial charge in [0.2, 0.25) is 0 Å². The van der Waals surface area contributed by atoms with Gasteiger partial charge < -0.3 is 43.6 Å². The van der Waals surface area contributed by atoms with Crippen LogP contribution in [0.15, 0.2) is 42.1 Å². The van der Waals surface area contributed by atoms with Crippen LogP contribution in [-0.4, -0.2) is 95.8 Å². The number of cyclic esters (lactones) is 1. The molecular weight excluding hydrogens is 574 g/mol. The van der Waals surface area contributed by atoms with E-state index in [1.54, 1.807) is 25.3 Å². The van der Waals surface area contributed by atoms with Crippen molar-refractivity contribution in [3.05, 3.63) is 47.8 Å². The number of aromatic nitrogens is 1. The van der Waals surface area contributed by atoms with Crippen molar-refractivity contribution in [1.29, 1.82) is 0 Å². The summed E-state index contributed by atoms with van der Waals surface area (Å²) < 4.78 is 35.0. The summed E-state index contributed by atoms with van der Waals surface area (Å²) in [5, 5.41) is 20.8. The number of hydrogen-bond acceptors (Lipinski definition) is 11. The number of ether oxygens (including phenoxy) is 6. The lowest BCUT2D eigenvalue weighted by atomic mass is 9.57. The van der Waals surface area contributed by atoms with E-state index in [-0.39, 0.29) is 43.8 Å². The number of rotatable bonds is 8. The highest BCUT2D eigenvalue weighted by atomic mass is 16.7. The number of aromatic amines is 1. The summed E-state index contributed by atoms with van der Waals surface area (Å²) in [4.78, 5) is 41.6. The second kappa shape index (κ2) is 13.0. The number of methoxy groups -OCH3 is 1. The summed E-state index contributed by atoms with van der Waals surface area (Å²) in [6.45, 7) is 7.14. The van der Waals surface area contributed by atoms with Crippen LogP contribution in [0.4, 0.5) is 4.79 Å². The zero-order chi connectivity index (χ0) is 31.8. The highest BCUT2D eigenvalue weighted by Gasteiger charge is 2.69. The number of carbonyl (C=O) groups excluding carboxylic acids is 3. The normalized spacial score (nSPS) is 39.7. The summed E-state index contributed by atoms with van der Waals surface area (Å²) in [5.74, 6) is -2.98. The summed E-state index contributed by atoms with van der Waals surface area (Å²) in [7, 11) is 1.43. The lowest BCUT2D eigenvalue weighted by molar-refractivity contribution is -0.173. The molecule has 5 rings (SSSR count). The Hall–Kier alpha value is -3.19. The molecule has 2 unspecified atom stereocenters. The Bertz CT molecular complexity index is 1260. The average Bonchev–Trinajstić information content (AvgIpc) is 3.59. The van der Waals surface area contributed by atoms with E-state index in [1.165, 1.54) is 7.11 Å². The van der Waals surface area contributed by atoms with Crippen molar-refractivity contribution < 1.29 is 53.0 Å². The minimum absolute atomic E-state index is 0.00658. The fourth-order valence-electron chi connectivity index (χ4n) is 7.60. The summed E-state index contributed by atoms with van der Waals surface area (Å²) >= 11 is 0. The molecule has 242 valence electrons. The van der Waals surface area contributed by atoms with E-state index in [9.17, 15) is 19.5 Å². The predicted molar refractivity (Wildman–Crippen MR) is 154 cm³/mol. The molecule has 1 spiro atoms. The molecule has 0 radical (unpaired) electrons. The highest BCUT2D eigenvalue weighted by Crippen LogP contribution is 2.61. The van der Waals surface area contributed by atoms with Crippen LogP contribution in [0.1, 0.15) is 51.0 Å². The molecule has 4 aliphatic rings. The third-order valence-corrected chi connectivity index (χ3v) is 9.73. The number of aliphatic hydroxyl groups is 2. The van der Waals surface area contributed by atoms with Crippen LogP contribution in [0.5, 0.6) is 0 Å². The van der Waals surface area contributed by atoms with E-state index in [4.69, 9.17) is 33.5 Å². The molecule has 1 saturated heterocycles. The molecule has 3 heterocycles. The molecule has 2 aliphatic carbocycles. The van der Waals surface area contributed by atoms with Gasteiger partial charge in [-0.15, -0.1) is 0 Å². The third-order valence-electron chi connectivity index (χ3n) is 9.73. The smallest absolute Gasteiger partial charge is 0.456 e. The van der Waals surface area contributed by atoms with Gasteiger partial charge in [0.05, 0.1) is 12.7 Å². The van der Waals surface area contributed by atoms with Crippen LogP contribution in [-0.2, 0) is 33.2 Å². The second-order valence-electron chi connectivity index (χ2n) is 12.3. The van der Waals surface area contributed by atoms with Gasteiger partial charge in [-0.1, -0.05) is 32.1 Å². The van der Waals surface area contributed by atoms with E-state index in [0.29, 0.717) is 5.69 Å². The molecule has 4 bridgehead atoms. The van der Waals surface area contributed by atoms with Crippen LogP contribution in [0.25, 0.3) is 0 Å². The molecule has 2 aliphatic heterocycles. The van der Waals surface area contributed by atoms with Crippen LogP contribution in [0.2, 0.25) is 0 Å². The lowest BCUT2D eigenvalue weighted by Crippen LogP contribution is -2.57. The van der Waals surface area contributed by atoms with Crippen LogP contribution in [0, 0.1) is 29.6 Å². The van der Waals surface area contributed by atoms with E-state index in [0.717, 1.165) is 5.57 Å². The second-order valence-corrected chi connectivity index (χ2v) is 12.3. The van der Waals surface area contributed by atoms with Gasteiger partial charge in [0, 0.05) is 55.9 Å². The predicted octanol–water partition coefficient (Wildman–Crippen LogP) is 2.94. The zero-order valence-electron chi connectivity index (χ0n) is 25.7. The number of hydrogen-bond donors (Lipinski definition) is 3. The molecule has 3 N–H and O–H groups in total. The SMILES string of the molecule is CO[C@H]1CC2C=C[C@H]3[C@H]4O[C@]2(/C(C)=C/[C@@H](C)[C@@H](C(C)OC(=O)OCCCO)OC1=O)[C@@H]3[C@H](O)[C@@H](C)[C@H]4OC(=O)c1ccc[nH]1. The van der Waals surface area contributed by atoms with Crippen LogP contribution in [0.3, 0.4) is 0 Å². The molecule has 0 aromatic carbocycles. The van der Waals surface area contributed by atoms with Crippen LogP contribution < -0.4 is 0 Å². The minimum atomic E-state index is -1.02. The molecule has 1 saturated carbocycles. The fraction of sp³-hybridized carbons (Fsp3) is 0.656. The molecule has 12 heteroatoms. The Kier molecular flexibility index (Phi) is 9.55. The molecular formula is C32H43NO11. The average molecular weight is 618 g/mol. The Labute approximate surface area is 256 Å². The topological polar surface area (TPSA) is 163 Å². The first-order valence-electron chi connectivity index (χ1n) is 15.3. The molecule has 12 atom stereocenters. The maximum absolute atomic E-state index is 13.5. The van der Waals surface area contributed by atoms with Gasteiger partial charge in [0.25, 0.3) is 0 Å². The minimum Gasteiger partial charge on any atom is -0.456 e. The first-order chi connectivity index (χ1) is 21.0. The van der Waals surface area contributed by atoms with Crippen molar-refractivity contribution in [3.63, 3.8) is 0 Å². The van der Waals surface area contributed by atoms with Crippen molar-refractivity contribution in [2.75, 3.05) is 20.3 Å². The maximum Gasteiger partial charge on any atom is 0.508 e. The van der Waals surface area contributed by atoms with Gasteiger partial charge in [-0.25, -0.2) is 14.4 Å². The van der Waals surface area contributed by atoms with Gasteiger partial charge >= 0.3 is 18.1 Å². The number of nitrogens with one attached hydrogen (secondary N) is 1. The fourth-order valence-corrected chi connectivity index (χ4v) is 7.60. The third kappa shape index (κ3) is 5.68. The lowest BCUT2D eigenvalue weighted by Gasteiger charge is -2.48. The van der Waals surface area contributed by atoms with Crippen molar-refractivity contribution in [1.82, 2.24) is 4.98 Å². The maximum atomic E-state index is 13.5. The molecule has 1 aromatic heterocycles. The number of H-pyrrole nitrogens is 1. The zero-order valence-corrected chi connectivity index (χ0v) is 25.7. The quantitative estimate of drug-likeness (QED) is 0.170. The highest BCUT2D eigenvalue weighted by molar-refractivity contribution is 5.87. The van der Waals surface area contributed by atoms with Gasteiger partial charge in [-0.2, -0.15) is 0 Å². The number of aliphatic hydroxyl groups excluding tert-OH is 2. The van der Waals surface area contributed by atoms with Crippen LogP contribution >= 0.6 is 0 Å². The standard InChI is InChI=1S/C32H43NO11/c1-16-14-17(2)32-20(15-23(39-5)30(37)42-26(16)19(4)41-31(38)40-13-7-12-34)9-10-21-24(32)25(35)18(3)27(28(21)44-32)43-29(36)22-8-6-11-33-22/h6,8-11,14,16,18-21,23-28,33-35H,7,12-13,15H2,1-5H3/b17-14+/t16-,18-,19?,20?,21-,23+,24+,25-,26+,27-,28-,32+/m1/s1. The molecule has 1 aromatic rings. The van der Waals surface area contributed by atoms with Gasteiger partial charge in [-0.05, 0) is 38.0 Å². The molecule has 2 fully saturated rings. The number of esters is 2. The largest absolute Gasteiger partial charge is 0.508 e. The van der Waals surface area contributed by atoms with E-state index in [1.807, 2.05) is 39.0 Å². The van der Waals surface area contributed by atoms with Gasteiger partial charge in [0.15, 0.2) is 6.10 Å². The first kappa shape index (κ1) is 32.2. The van der Waals surface area contributed by atoms with Crippen molar-refractivity contribution >= 4 is 18.1 Å². The van der Waals surface area contributed by atoms with Crippen molar-refractivity contribution in [3.8, 4) is 0 Å². The molecule has 12 nitrogen and oxygen atoms in total. The Morgan fingerprint density at radius 2 is 2.02 bits per heavy atom. The monoisotopic (exact) mass is 617 g/mol. The van der Waals surface area contributed by atoms with E-state index < -0.39 is 72.2 Å². The van der Waals surface area contributed by atoms with E-state index >= 15 is 0 Å². The van der Waals surface area contributed by atoms with Crippen molar-refractivity contribution in [2.45, 2.75) is 82.8 Å². The molecule has 44 heavy (non-hydrogen) atoms. The summed E-state index contributed by atoms with van der Waals surface area (Å²) in [5.41, 5.74) is 0.118. The van der Waals surface area contributed by atoms with Crippen molar-refractivity contribution in [2.24, 2.45) is 29.6 Å².